The predicted octanol–water partition coefficient (Wildman–Crippen LogP) is 2.62. The number of hydrogen-bond donors (Lipinski definition) is 1. The number of thiocarbonyl (C=S) groups is 1. The number of nitrogens with zero attached hydrogens (tertiary/aromatic N) is 2. The van der Waals surface area contributed by atoms with E-state index in [4.69, 9.17) is 18.0 Å². The lowest BCUT2D eigenvalue weighted by atomic mass is 10.2. The first-order valence-corrected chi connectivity index (χ1v) is 5.74. The fourth-order valence-corrected chi connectivity index (χ4v) is 1.74. The Balaban J connectivity index is 2.40. The molecule has 18 heavy (non-hydrogen) atoms. The summed E-state index contributed by atoms with van der Waals surface area (Å²) >= 11 is 4.92. The Morgan fingerprint density at radius 1 is 1.33 bits per heavy atom. The van der Waals surface area contributed by atoms with E-state index in [1.807, 2.05) is 18.2 Å². The Morgan fingerprint density at radius 2 is 2.11 bits per heavy atom. The lowest BCUT2D eigenvalue weighted by molar-refractivity contribution is 0.621. The van der Waals surface area contributed by atoms with Crippen LogP contribution in [0.1, 0.15) is 5.56 Å². The standard InChI is InChI=1S/C13H12FN3S/c1-17(13-11(14)6-3-7-16-13)10-5-2-4-9(8-10)12(15)18/h2-8H,1H3,(H2,15,18). The normalized spacial score (nSPS) is 10.1. The van der Waals surface area contributed by atoms with Crippen LogP contribution in [0.3, 0.4) is 0 Å². The Morgan fingerprint density at radius 3 is 2.78 bits per heavy atom. The maximum atomic E-state index is 13.6. The van der Waals surface area contributed by atoms with Gasteiger partial charge in [0.25, 0.3) is 0 Å². The molecule has 0 spiro atoms. The number of aromatic nitrogens is 1. The first-order chi connectivity index (χ1) is 8.59. The number of anilines is 2. The molecule has 92 valence electrons. The van der Waals surface area contributed by atoms with Crippen molar-refractivity contribution in [3.05, 3.63) is 54.0 Å². The van der Waals surface area contributed by atoms with E-state index in [0.29, 0.717) is 4.99 Å². The van der Waals surface area contributed by atoms with Gasteiger partial charge in [-0.1, -0.05) is 24.4 Å². The van der Waals surface area contributed by atoms with Gasteiger partial charge in [0, 0.05) is 24.5 Å². The van der Waals surface area contributed by atoms with E-state index in [1.165, 1.54) is 6.07 Å². The molecule has 0 saturated carbocycles. The third-order valence-corrected chi connectivity index (χ3v) is 2.81. The van der Waals surface area contributed by atoms with Crippen molar-refractivity contribution in [1.82, 2.24) is 4.98 Å². The summed E-state index contributed by atoms with van der Waals surface area (Å²) in [5, 5.41) is 0. The van der Waals surface area contributed by atoms with Crippen LogP contribution in [-0.2, 0) is 0 Å². The molecule has 2 aromatic rings. The van der Waals surface area contributed by atoms with E-state index in [0.717, 1.165) is 11.3 Å². The van der Waals surface area contributed by atoms with Gasteiger partial charge in [-0.25, -0.2) is 9.37 Å². The van der Waals surface area contributed by atoms with E-state index in [1.54, 1.807) is 30.3 Å². The van der Waals surface area contributed by atoms with Crippen LogP contribution >= 0.6 is 12.2 Å². The van der Waals surface area contributed by atoms with Crippen molar-refractivity contribution in [3.63, 3.8) is 0 Å². The number of nitrogens with two attached hydrogens (primary N) is 1. The molecule has 1 heterocycles. The SMILES string of the molecule is CN(c1cccc(C(N)=S)c1)c1ncccc1F. The van der Waals surface area contributed by atoms with Crippen LogP contribution in [0.15, 0.2) is 42.6 Å². The van der Waals surface area contributed by atoms with Crippen LogP contribution in [0.2, 0.25) is 0 Å². The van der Waals surface area contributed by atoms with Crippen LogP contribution < -0.4 is 10.6 Å². The summed E-state index contributed by atoms with van der Waals surface area (Å²) in [5.41, 5.74) is 7.09. The first kappa shape index (κ1) is 12.4. The van der Waals surface area contributed by atoms with Gasteiger partial charge >= 0.3 is 0 Å². The molecule has 5 heteroatoms. The van der Waals surface area contributed by atoms with Gasteiger partial charge in [0.2, 0.25) is 0 Å². The molecule has 0 amide bonds. The van der Waals surface area contributed by atoms with Crippen molar-refractivity contribution < 1.29 is 4.39 Å². The summed E-state index contributed by atoms with van der Waals surface area (Å²) < 4.78 is 13.6. The highest BCUT2D eigenvalue weighted by molar-refractivity contribution is 7.80. The summed E-state index contributed by atoms with van der Waals surface area (Å²) in [4.78, 5) is 5.98. The maximum Gasteiger partial charge on any atom is 0.169 e. The van der Waals surface area contributed by atoms with E-state index in [-0.39, 0.29) is 11.6 Å². The van der Waals surface area contributed by atoms with Crippen LogP contribution in [0.25, 0.3) is 0 Å². The maximum absolute atomic E-state index is 13.6. The summed E-state index contributed by atoms with van der Waals surface area (Å²) in [7, 11) is 1.74. The van der Waals surface area contributed by atoms with Gasteiger partial charge in [0.05, 0.1) is 0 Å². The monoisotopic (exact) mass is 261 g/mol. The Kier molecular flexibility index (Phi) is 3.53. The van der Waals surface area contributed by atoms with Crippen LogP contribution in [-0.4, -0.2) is 17.0 Å². The fraction of sp³-hybridized carbons (Fsp3) is 0.0769. The molecular weight excluding hydrogens is 249 g/mol. The Labute approximate surface area is 110 Å². The predicted molar refractivity (Wildman–Crippen MR) is 74.6 cm³/mol. The van der Waals surface area contributed by atoms with Gasteiger partial charge in [0.1, 0.15) is 4.99 Å². The quantitative estimate of drug-likeness (QED) is 0.862. The van der Waals surface area contributed by atoms with Gasteiger partial charge in [-0.15, -0.1) is 0 Å². The number of hydrogen-bond acceptors (Lipinski definition) is 3. The molecule has 0 fully saturated rings. The molecule has 1 aromatic carbocycles. The molecule has 0 aliphatic rings. The number of rotatable bonds is 3. The zero-order valence-corrected chi connectivity index (χ0v) is 10.6. The number of pyridine rings is 1. The smallest absolute Gasteiger partial charge is 0.169 e. The average molecular weight is 261 g/mol. The van der Waals surface area contributed by atoms with E-state index >= 15 is 0 Å². The summed E-state index contributed by atoms with van der Waals surface area (Å²) in [6.07, 6.45) is 1.55. The van der Waals surface area contributed by atoms with Crippen molar-refractivity contribution in [3.8, 4) is 0 Å². The minimum atomic E-state index is -0.374. The molecule has 2 rings (SSSR count). The third kappa shape index (κ3) is 2.46. The number of halogens is 1. The van der Waals surface area contributed by atoms with Gasteiger partial charge in [-0.05, 0) is 24.3 Å². The summed E-state index contributed by atoms with van der Waals surface area (Å²) in [6, 6.07) is 10.2. The zero-order valence-electron chi connectivity index (χ0n) is 9.80. The van der Waals surface area contributed by atoms with Gasteiger partial charge in [0.15, 0.2) is 11.6 Å². The highest BCUT2D eigenvalue weighted by Crippen LogP contribution is 2.24. The second-order valence-electron chi connectivity index (χ2n) is 3.78. The Hall–Kier alpha value is -2.01. The second kappa shape index (κ2) is 5.10. The molecular formula is C13H12FN3S. The lowest BCUT2D eigenvalue weighted by Crippen LogP contribution is -2.15. The third-order valence-electron chi connectivity index (χ3n) is 2.57. The first-order valence-electron chi connectivity index (χ1n) is 5.33. The minimum absolute atomic E-state index is 0.262. The van der Waals surface area contributed by atoms with Crippen molar-refractivity contribution in [2.24, 2.45) is 5.73 Å². The zero-order chi connectivity index (χ0) is 13.1. The highest BCUT2D eigenvalue weighted by Gasteiger charge is 2.10. The van der Waals surface area contributed by atoms with Crippen LogP contribution in [0.5, 0.6) is 0 Å². The molecule has 0 saturated heterocycles. The van der Waals surface area contributed by atoms with Gasteiger partial charge in [-0.3, -0.25) is 0 Å². The Bertz CT molecular complexity index is 586. The molecule has 0 unspecified atom stereocenters. The summed E-state index contributed by atoms with van der Waals surface area (Å²) in [6.45, 7) is 0. The fourth-order valence-electron chi connectivity index (χ4n) is 1.61. The van der Waals surface area contributed by atoms with Crippen LogP contribution in [0, 0.1) is 5.82 Å². The molecule has 1 aromatic heterocycles. The van der Waals surface area contributed by atoms with Crippen molar-refractivity contribution in [2.75, 3.05) is 11.9 Å². The topological polar surface area (TPSA) is 42.1 Å². The average Bonchev–Trinajstić information content (AvgIpc) is 2.38. The van der Waals surface area contributed by atoms with Crippen molar-refractivity contribution >= 4 is 28.7 Å². The van der Waals surface area contributed by atoms with Crippen molar-refractivity contribution in [2.45, 2.75) is 0 Å². The molecule has 0 aliphatic heterocycles. The van der Waals surface area contributed by atoms with Crippen LogP contribution in [0.4, 0.5) is 15.9 Å². The molecule has 0 aliphatic carbocycles. The summed E-state index contributed by atoms with van der Waals surface area (Å²) in [5.74, 6) is -0.113. The highest BCUT2D eigenvalue weighted by atomic mass is 32.1. The molecule has 0 bridgehead atoms. The lowest BCUT2D eigenvalue weighted by Gasteiger charge is -2.19. The van der Waals surface area contributed by atoms with Gasteiger partial charge < -0.3 is 10.6 Å². The number of benzene rings is 1. The minimum Gasteiger partial charge on any atom is -0.389 e. The van der Waals surface area contributed by atoms with Crippen molar-refractivity contribution in [1.29, 1.82) is 0 Å². The molecule has 2 N–H and O–H groups in total. The van der Waals surface area contributed by atoms with E-state index < -0.39 is 0 Å². The largest absolute Gasteiger partial charge is 0.389 e. The molecule has 3 nitrogen and oxygen atoms in total. The molecule has 0 radical (unpaired) electrons. The van der Waals surface area contributed by atoms with E-state index in [9.17, 15) is 4.39 Å². The van der Waals surface area contributed by atoms with E-state index in [2.05, 4.69) is 4.98 Å². The molecule has 0 atom stereocenters. The van der Waals surface area contributed by atoms with Gasteiger partial charge in [-0.2, -0.15) is 0 Å². The second-order valence-corrected chi connectivity index (χ2v) is 4.22.